The Morgan fingerprint density at radius 1 is 0.614 bits per heavy atom. The highest BCUT2D eigenvalue weighted by Gasteiger charge is 2.42. The summed E-state index contributed by atoms with van der Waals surface area (Å²) in [4.78, 5) is 88.5. The molecule has 1 N–H and O–H groups in total. The molecule has 2 heterocycles. The first-order chi connectivity index (χ1) is 26.8. The molecule has 2 aromatic rings. The molecule has 2 aromatic carbocycles. The van der Waals surface area contributed by atoms with Gasteiger partial charge in [-0.05, 0) is 85.3 Å². The van der Waals surface area contributed by atoms with Crippen molar-refractivity contribution in [3.8, 4) is 0 Å². The maximum absolute atomic E-state index is 12.8. The van der Waals surface area contributed by atoms with E-state index in [0.29, 0.717) is 12.8 Å². The highest BCUT2D eigenvalue weighted by Crippen LogP contribution is 2.28. The molecule has 57 heavy (non-hydrogen) atoms. The molecule has 0 aliphatic carbocycles. The van der Waals surface area contributed by atoms with Crippen molar-refractivity contribution in [3.05, 3.63) is 71.8 Å². The van der Waals surface area contributed by atoms with E-state index < -0.39 is 71.2 Å². The van der Waals surface area contributed by atoms with Crippen molar-refractivity contribution < 1.29 is 62.4 Å². The topological polar surface area (TPSA) is 192 Å². The molecule has 0 bridgehead atoms. The van der Waals surface area contributed by atoms with Gasteiger partial charge in [0.15, 0.2) is 0 Å². The normalized spacial score (nSPS) is 19.5. The first-order valence-electron chi connectivity index (χ1n) is 19.1. The third-order valence-corrected chi connectivity index (χ3v) is 8.83. The first kappa shape index (κ1) is 45.9. The van der Waals surface area contributed by atoms with Crippen LogP contribution < -0.4 is 0 Å². The monoisotopic (exact) mass is 796 g/mol. The van der Waals surface area contributed by atoms with Gasteiger partial charge in [0.2, 0.25) is 0 Å². The van der Waals surface area contributed by atoms with E-state index in [4.69, 9.17) is 23.7 Å². The van der Waals surface area contributed by atoms with Crippen LogP contribution in [0.1, 0.15) is 91.7 Å². The number of hydrogen-bond acceptors (Lipinski definition) is 12. The van der Waals surface area contributed by atoms with Crippen LogP contribution in [-0.2, 0) is 60.9 Å². The van der Waals surface area contributed by atoms with Crippen molar-refractivity contribution >= 4 is 41.8 Å². The van der Waals surface area contributed by atoms with Gasteiger partial charge in [-0.25, -0.2) is 19.2 Å². The molecular formula is C42H56N2O13. The molecule has 15 nitrogen and oxygen atoms in total. The number of nitrogens with zero attached hydrogens (tertiary/aromatic N) is 2. The van der Waals surface area contributed by atoms with Gasteiger partial charge >= 0.3 is 36.1 Å². The first-order valence-corrected chi connectivity index (χ1v) is 19.1. The summed E-state index contributed by atoms with van der Waals surface area (Å²) < 4.78 is 26.4. The Kier molecular flexibility index (Phi) is 17.0. The van der Waals surface area contributed by atoms with E-state index in [1.165, 1.54) is 9.80 Å². The number of aliphatic carboxylic acids is 1. The van der Waals surface area contributed by atoms with Crippen molar-refractivity contribution in [2.45, 2.75) is 117 Å². The van der Waals surface area contributed by atoms with Crippen LogP contribution in [0.3, 0.4) is 0 Å². The highest BCUT2D eigenvalue weighted by molar-refractivity contribution is 5.97. The molecule has 2 amide bonds. The van der Waals surface area contributed by atoms with Gasteiger partial charge in [0.1, 0.15) is 48.7 Å². The molecule has 15 heteroatoms. The van der Waals surface area contributed by atoms with Gasteiger partial charge in [-0.3, -0.25) is 24.2 Å². The Morgan fingerprint density at radius 3 is 1.40 bits per heavy atom. The minimum Gasteiger partial charge on any atom is -0.481 e. The number of Topliss-reactive ketones (excluding diaryl/α,β-unsaturated/α-hetero) is 1. The summed E-state index contributed by atoms with van der Waals surface area (Å²) in [6.07, 6.45) is -0.626. The van der Waals surface area contributed by atoms with Crippen LogP contribution in [0.5, 0.6) is 0 Å². The van der Waals surface area contributed by atoms with Crippen LogP contribution >= 0.6 is 0 Å². The summed E-state index contributed by atoms with van der Waals surface area (Å²) in [5.74, 6) is -4.29. The average molecular weight is 797 g/mol. The van der Waals surface area contributed by atoms with Gasteiger partial charge in [0.25, 0.3) is 0 Å². The third kappa shape index (κ3) is 15.5. The number of hydrogen-bond donors (Lipinski definition) is 1. The number of carboxylic acids is 1. The Morgan fingerprint density at radius 2 is 1.02 bits per heavy atom. The largest absolute Gasteiger partial charge is 0.481 e. The number of piperidine rings is 2. The fourth-order valence-electron chi connectivity index (χ4n) is 6.14. The lowest BCUT2D eigenvalue weighted by Crippen LogP contribution is -2.53. The van der Waals surface area contributed by atoms with Gasteiger partial charge in [-0.2, -0.15) is 0 Å². The van der Waals surface area contributed by atoms with Crippen molar-refractivity contribution in [3.63, 3.8) is 0 Å². The van der Waals surface area contributed by atoms with E-state index in [9.17, 15) is 38.7 Å². The lowest BCUT2D eigenvalue weighted by molar-refractivity contribution is -0.164. The molecule has 2 aliphatic heterocycles. The van der Waals surface area contributed by atoms with E-state index in [0.717, 1.165) is 11.1 Å². The second-order valence-electron chi connectivity index (χ2n) is 15.8. The highest BCUT2D eigenvalue weighted by atomic mass is 16.6. The number of amides is 2. The van der Waals surface area contributed by atoms with Crippen molar-refractivity contribution in [1.29, 1.82) is 0 Å². The number of esters is 3. The minimum absolute atomic E-state index is 0.0181. The number of likely N-dealkylation sites (tertiary alicyclic amines) is 2. The second kappa shape index (κ2) is 21.2. The van der Waals surface area contributed by atoms with E-state index in [1.807, 2.05) is 60.7 Å². The molecule has 0 unspecified atom stereocenters. The Bertz CT molecular complexity index is 1680. The predicted molar refractivity (Wildman–Crippen MR) is 205 cm³/mol. The maximum atomic E-state index is 12.8. The Labute approximate surface area is 333 Å². The van der Waals surface area contributed by atoms with Crippen LogP contribution in [-0.4, -0.2) is 99.7 Å². The number of carbonyl (C=O) groups excluding carboxylic acids is 6. The quantitative estimate of drug-likeness (QED) is 0.156. The number of ether oxygens (including phenoxy) is 5. The second-order valence-corrected chi connectivity index (χ2v) is 15.8. The Balaban J connectivity index is 0.000000310. The number of rotatable bonds is 11. The minimum atomic E-state index is -0.992. The van der Waals surface area contributed by atoms with Crippen LogP contribution in [0.15, 0.2) is 60.7 Å². The molecule has 2 fully saturated rings. The van der Waals surface area contributed by atoms with Crippen molar-refractivity contribution in [2.24, 2.45) is 11.8 Å². The fourth-order valence-corrected chi connectivity index (χ4v) is 6.14. The summed E-state index contributed by atoms with van der Waals surface area (Å²) in [6.45, 7) is 12.3. The van der Waals surface area contributed by atoms with E-state index in [2.05, 4.69) is 0 Å². The molecule has 312 valence electrons. The zero-order valence-electron chi connectivity index (χ0n) is 33.9. The fraction of sp³-hybridized carbons (Fsp3) is 0.548. The zero-order chi connectivity index (χ0) is 42.3. The van der Waals surface area contributed by atoms with Crippen LogP contribution in [0.4, 0.5) is 9.59 Å². The lowest BCUT2D eigenvalue weighted by atomic mass is 9.88. The average Bonchev–Trinajstić information content (AvgIpc) is 3.15. The lowest BCUT2D eigenvalue weighted by Gasteiger charge is -2.38. The van der Waals surface area contributed by atoms with E-state index in [-0.39, 0.29) is 58.0 Å². The smallest absolute Gasteiger partial charge is 0.410 e. The molecular weight excluding hydrogens is 740 g/mol. The van der Waals surface area contributed by atoms with Crippen LogP contribution in [0.2, 0.25) is 0 Å². The zero-order valence-corrected chi connectivity index (χ0v) is 33.9. The van der Waals surface area contributed by atoms with Gasteiger partial charge in [-0.15, -0.1) is 0 Å². The molecule has 0 aromatic heterocycles. The van der Waals surface area contributed by atoms with E-state index in [1.54, 1.807) is 48.5 Å². The van der Waals surface area contributed by atoms with E-state index >= 15 is 0 Å². The van der Waals surface area contributed by atoms with Gasteiger partial charge < -0.3 is 28.8 Å². The van der Waals surface area contributed by atoms with Gasteiger partial charge in [0.05, 0.1) is 12.5 Å². The molecule has 2 saturated heterocycles. The maximum Gasteiger partial charge on any atom is 0.410 e. The molecule has 0 spiro atoms. The molecule has 4 atom stereocenters. The molecule has 4 rings (SSSR count). The molecule has 0 radical (unpaired) electrons. The van der Waals surface area contributed by atoms with Crippen molar-refractivity contribution in [2.75, 3.05) is 19.7 Å². The SMILES string of the molecule is CC(C)(C)OC(=O)[C@@H]1CC[C@H](C(=O)O)CN1C(=O)OCc1ccccc1.CCOC(=O)CC(=O)[C@H]1CC[C@@H](C(=O)OC(C)(C)C)N(C(=O)OCc2ccccc2)C1. The number of ketones is 1. The standard InChI is InChI=1S/C23H31NO7.C19H25NO6/c1-5-29-20(26)13-19(25)17-11-12-18(21(27)31-23(2,3)4)24(14-17)22(28)30-15-16-9-7-6-8-10-16;1-19(2,3)26-17(23)15-10-9-14(16(21)22)11-20(15)18(24)25-12-13-7-5-4-6-8-13/h6-10,17-18H,5,11-15H2,1-4H3;4-8,14-15H,9-12H2,1-3H3,(H,21,22)/t17-,18-;14-,15-/m00/s1. The summed E-state index contributed by atoms with van der Waals surface area (Å²) in [7, 11) is 0. The molecule has 2 aliphatic rings. The summed E-state index contributed by atoms with van der Waals surface area (Å²) in [5, 5.41) is 9.26. The molecule has 0 saturated carbocycles. The summed E-state index contributed by atoms with van der Waals surface area (Å²) in [6, 6.07) is 16.6. The van der Waals surface area contributed by atoms with Gasteiger partial charge in [0, 0.05) is 19.0 Å². The number of benzene rings is 2. The third-order valence-electron chi connectivity index (χ3n) is 8.83. The predicted octanol–water partition coefficient (Wildman–Crippen LogP) is 6.10. The summed E-state index contributed by atoms with van der Waals surface area (Å²) in [5.41, 5.74) is 0.200. The number of carboxylic acid groups (broad SMARTS) is 1. The van der Waals surface area contributed by atoms with Gasteiger partial charge in [-0.1, -0.05) is 60.7 Å². The van der Waals surface area contributed by atoms with Crippen molar-refractivity contribution in [1.82, 2.24) is 9.80 Å². The Hall–Kier alpha value is -5.47. The van der Waals surface area contributed by atoms with Crippen LogP contribution in [0.25, 0.3) is 0 Å². The summed E-state index contributed by atoms with van der Waals surface area (Å²) >= 11 is 0. The number of carbonyl (C=O) groups is 7. The van der Waals surface area contributed by atoms with Crippen LogP contribution in [0, 0.1) is 11.8 Å².